The van der Waals surface area contributed by atoms with E-state index in [9.17, 15) is 13.6 Å². The first-order valence-electron chi connectivity index (χ1n) is 9.38. The summed E-state index contributed by atoms with van der Waals surface area (Å²) in [5, 5.41) is 0. The van der Waals surface area contributed by atoms with Crippen LogP contribution in [0, 0.1) is 18.6 Å². The molecule has 1 aliphatic heterocycles. The van der Waals surface area contributed by atoms with Gasteiger partial charge in [0.25, 0.3) is 0 Å². The summed E-state index contributed by atoms with van der Waals surface area (Å²) in [6.45, 7) is 3.12. The summed E-state index contributed by atoms with van der Waals surface area (Å²) in [4.78, 5) is 18.7. The Balaban J connectivity index is 1.45. The van der Waals surface area contributed by atoms with Crippen LogP contribution in [-0.2, 0) is 4.79 Å². The van der Waals surface area contributed by atoms with Gasteiger partial charge in [0.05, 0.1) is 11.0 Å². The minimum Gasteiger partial charge on any atom is -0.339 e. The highest BCUT2D eigenvalue weighted by Gasteiger charge is 2.25. The van der Waals surface area contributed by atoms with E-state index >= 15 is 0 Å². The Morgan fingerprint density at radius 3 is 2.64 bits per heavy atom. The fraction of sp³-hybridized carbons (Fsp3) is 0.273. The normalized spacial score (nSPS) is 15.6. The molecular weight excluding hydrogens is 360 g/mol. The molecule has 1 aliphatic rings. The van der Waals surface area contributed by atoms with Gasteiger partial charge in [0.2, 0.25) is 5.91 Å². The Kier molecular flexibility index (Phi) is 4.94. The van der Waals surface area contributed by atoms with E-state index in [2.05, 4.69) is 9.55 Å². The average Bonchev–Trinajstić information content (AvgIpc) is 3.02. The number of aromatic nitrogens is 2. The number of imidazole rings is 1. The van der Waals surface area contributed by atoms with Crippen molar-refractivity contribution in [3.05, 3.63) is 71.6 Å². The monoisotopic (exact) mass is 381 g/mol. The lowest BCUT2D eigenvalue weighted by Crippen LogP contribution is -2.38. The van der Waals surface area contributed by atoms with E-state index in [0.29, 0.717) is 18.7 Å². The molecule has 0 unspecified atom stereocenters. The van der Waals surface area contributed by atoms with Gasteiger partial charge < -0.3 is 9.47 Å². The molecule has 0 atom stereocenters. The van der Waals surface area contributed by atoms with Gasteiger partial charge in [-0.25, -0.2) is 13.8 Å². The molecule has 0 N–H and O–H groups in total. The molecule has 1 fully saturated rings. The van der Waals surface area contributed by atoms with Crippen molar-refractivity contribution < 1.29 is 13.6 Å². The van der Waals surface area contributed by atoms with Crippen LogP contribution in [0.25, 0.3) is 17.1 Å². The Labute approximate surface area is 162 Å². The molecular formula is C22H21F2N3O. The maximum atomic E-state index is 13.7. The van der Waals surface area contributed by atoms with E-state index in [1.807, 2.05) is 6.92 Å². The van der Waals surface area contributed by atoms with Gasteiger partial charge in [0.1, 0.15) is 17.5 Å². The Bertz CT molecular complexity index is 1050. The van der Waals surface area contributed by atoms with Crippen LogP contribution in [0.15, 0.2) is 48.5 Å². The van der Waals surface area contributed by atoms with Gasteiger partial charge in [-0.2, -0.15) is 0 Å². The maximum absolute atomic E-state index is 13.7. The molecule has 0 radical (unpaired) electrons. The second kappa shape index (κ2) is 7.54. The fourth-order valence-electron chi connectivity index (χ4n) is 3.87. The second-order valence-corrected chi connectivity index (χ2v) is 7.07. The summed E-state index contributed by atoms with van der Waals surface area (Å²) < 4.78 is 29.4. The molecule has 0 aliphatic carbocycles. The molecule has 0 bridgehead atoms. The van der Waals surface area contributed by atoms with E-state index in [0.717, 1.165) is 29.7 Å². The van der Waals surface area contributed by atoms with Crippen LogP contribution in [0.5, 0.6) is 0 Å². The molecule has 0 spiro atoms. The molecule has 28 heavy (non-hydrogen) atoms. The number of carbonyl (C=O) groups is 1. The number of piperidine rings is 1. The average molecular weight is 381 g/mol. The summed E-state index contributed by atoms with van der Waals surface area (Å²) >= 11 is 0. The molecule has 1 saturated heterocycles. The molecule has 2 heterocycles. The highest BCUT2D eigenvalue weighted by Crippen LogP contribution is 2.29. The number of fused-ring (bicyclic) bond motifs is 1. The van der Waals surface area contributed by atoms with Gasteiger partial charge in [-0.1, -0.05) is 18.2 Å². The number of benzene rings is 2. The van der Waals surface area contributed by atoms with Gasteiger partial charge in [0.15, 0.2) is 0 Å². The van der Waals surface area contributed by atoms with Crippen LogP contribution in [0.1, 0.15) is 30.3 Å². The van der Waals surface area contributed by atoms with Crippen molar-refractivity contribution in [1.82, 2.24) is 14.5 Å². The second-order valence-electron chi connectivity index (χ2n) is 7.07. The molecule has 2 aromatic carbocycles. The third-order valence-corrected chi connectivity index (χ3v) is 5.28. The smallest absolute Gasteiger partial charge is 0.246 e. The van der Waals surface area contributed by atoms with Crippen LogP contribution >= 0.6 is 0 Å². The van der Waals surface area contributed by atoms with Crippen molar-refractivity contribution in [2.75, 3.05) is 13.1 Å². The number of amides is 1. The minimum atomic E-state index is -0.347. The topological polar surface area (TPSA) is 38.1 Å². The van der Waals surface area contributed by atoms with Crippen LogP contribution in [0.4, 0.5) is 8.78 Å². The van der Waals surface area contributed by atoms with Gasteiger partial charge in [-0.05, 0) is 50.1 Å². The first-order chi connectivity index (χ1) is 13.5. The van der Waals surface area contributed by atoms with Crippen LogP contribution in [0.2, 0.25) is 0 Å². The molecule has 3 aromatic rings. The first-order valence-corrected chi connectivity index (χ1v) is 9.38. The summed E-state index contributed by atoms with van der Waals surface area (Å²) in [5.41, 5.74) is 1.97. The van der Waals surface area contributed by atoms with Gasteiger partial charge in [-0.15, -0.1) is 0 Å². The standard InChI is InChI=1S/C22H21F2N3O/c1-15-25-20-8-7-17(23)14-21(20)27(15)18-10-12-26(13-11-18)22(28)9-6-16-4-2-3-5-19(16)24/h2-9,14,18H,10-13H2,1H3. The number of likely N-dealkylation sites (tertiary alicyclic amines) is 1. The van der Waals surface area contributed by atoms with E-state index in [-0.39, 0.29) is 23.6 Å². The highest BCUT2D eigenvalue weighted by atomic mass is 19.1. The molecule has 0 saturated carbocycles. The number of hydrogen-bond acceptors (Lipinski definition) is 2. The Hall–Kier alpha value is -3.02. The van der Waals surface area contributed by atoms with Gasteiger partial charge >= 0.3 is 0 Å². The van der Waals surface area contributed by atoms with Crippen molar-refractivity contribution in [3.8, 4) is 0 Å². The zero-order valence-electron chi connectivity index (χ0n) is 15.6. The predicted molar refractivity (Wildman–Crippen MR) is 105 cm³/mol. The largest absolute Gasteiger partial charge is 0.339 e. The SMILES string of the molecule is Cc1nc2ccc(F)cc2n1C1CCN(C(=O)C=Cc2ccccc2F)CC1. The summed E-state index contributed by atoms with van der Waals surface area (Å²) in [5.74, 6) is 0.101. The van der Waals surface area contributed by atoms with Gasteiger partial charge in [-0.3, -0.25) is 4.79 Å². The van der Waals surface area contributed by atoms with Crippen molar-refractivity contribution >= 4 is 23.0 Å². The van der Waals surface area contributed by atoms with Crippen LogP contribution < -0.4 is 0 Å². The summed E-state index contributed by atoms with van der Waals surface area (Å²) in [6, 6.07) is 11.2. The highest BCUT2D eigenvalue weighted by molar-refractivity contribution is 5.91. The van der Waals surface area contributed by atoms with Crippen molar-refractivity contribution in [1.29, 1.82) is 0 Å². The van der Waals surface area contributed by atoms with Crippen molar-refractivity contribution in [2.24, 2.45) is 0 Å². The number of rotatable bonds is 3. The molecule has 1 aromatic heterocycles. The third kappa shape index (κ3) is 3.54. The molecule has 144 valence electrons. The van der Waals surface area contributed by atoms with E-state index in [4.69, 9.17) is 0 Å². The maximum Gasteiger partial charge on any atom is 0.246 e. The molecule has 6 heteroatoms. The van der Waals surface area contributed by atoms with Gasteiger partial charge in [0, 0.05) is 30.8 Å². The van der Waals surface area contributed by atoms with Crippen LogP contribution in [-0.4, -0.2) is 33.4 Å². The lowest BCUT2D eigenvalue weighted by molar-refractivity contribution is -0.127. The molecule has 1 amide bonds. The molecule has 4 nitrogen and oxygen atoms in total. The van der Waals surface area contributed by atoms with E-state index in [1.165, 1.54) is 30.4 Å². The van der Waals surface area contributed by atoms with E-state index < -0.39 is 0 Å². The lowest BCUT2D eigenvalue weighted by Gasteiger charge is -2.33. The number of aryl methyl sites for hydroxylation is 1. The number of nitrogens with zero attached hydrogens (tertiary/aromatic N) is 3. The Morgan fingerprint density at radius 2 is 1.89 bits per heavy atom. The first kappa shape index (κ1) is 18.3. The summed E-state index contributed by atoms with van der Waals surface area (Å²) in [7, 11) is 0. The van der Waals surface area contributed by atoms with Crippen molar-refractivity contribution in [2.45, 2.75) is 25.8 Å². The zero-order valence-corrected chi connectivity index (χ0v) is 15.6. The fourth-order valence-corrected chi connectivity index (χ4v) is 3.87. The van der Waals surface area contributed by atoms with Crippen molar-refractivity contribution in [3.63, 3.8) is 0 Å². The summed E-state index contributed by atoms with van der Waals surface area (Å²) in [6.07, 6.45) is 4.47. The zero-order chi connectivity index (χ0) is 19.7. The van der Waals surface area contributed by atoms with E-state index in [1.54, 1.807) is 29.2 Å². The number of halogens is 2. The lowest BCUT2D eigenvalue weighted by atomic mass is 10.0. The third-order valence-electron chi connectivity index (χ3n) is 5.28. The predicted octanol–water partition coefficient (Wildman–Crippen LogP) is 4.50. The number of carbonyl (C=O) groups excluding carboxylic acids is 1. The van der Waals surface area contributed by atoms with Crippen LogP contribution in [0.3, 0.4) is 0 Å². The quantitative estimate of drug-likeness (QED) is 0.627. The molecule has 4 rings (SSSR count). The minimum absolute atomic E-state index is 0.125. The Morgan fingerprint density at radius 1 is 1.14 bits per heavy atom. The number of hydrogen-bond donors (Lipinski definition) is 0.